The summed E-state index contributed by atoms with van der Waals surface area (Å²) in [6.45, 7) is 0. The molecule has 0 spiro atoms. The van der Waals surface area contributed by atoms with Gasteiger partial charge in [0.15, 0.2) is 0 Å². The van der Waals surface area contributed by atoms with Crippen LogP contribution in [0.1, 0.15) is 36.0 Å². The molecular formula is C15H22N2O2S. The van der Waals surface area contributed by atoms with Crippen LogP contribution in [-0.2, 0) is 0 Å². The molecule has 0 saturated heterocycles. The van der Waals surface area contributed by atoms with Gasteiger partial charge < -0.3 is 15.8 Å². The van der Waals surface area contributed by atoms with E-state index in [1.807, 2.05) is 11.8 Å². The minimum atomic E-state index is -0.133. The lowest BCUT2D eigenvalue weighted by atomic mass is 9.94. The summed E-state index contributed by atoms with van der Waals surface area (Å²) in [5, 5.41) is 3.75. The number of amides is 1. The molecule has 1 amide bonds. The van der Waals surface area contributed by atoms with E-state index in [2.05, 4.69) is 11.6 Å². The third kappa shape index (κ3) is 3.39. The van der Waals surface area contributed by atoms with E-state index in [1.165, 1.54) is 6.42 Å². The van der Waals surface area contributed by atoms with Crippen LogP contribution in [0.15, 0.2) is 18.2 Å². The number of benzene rings is 1. The third-order valence-corrected chi connectivity index (χ3v) is 4.89. The van der Waals surface area contributed by atoms with Gasteiger partial charge in [-0.15, -0.1) is 0 Å². The van der Waals surface area contributed by atoms with Crippen molar-refractivity contribution in [1.82, 2.24) is 5.32 Å². The smallest absolute Gasteiger partial charge is 0.257 e. The molecule has 0 aromatic heterocycles. The summed E-state index contributed by atoms with van der Waals surface area (Å²) in [5.41, 5.74) is 6.81. The van der Waals surface area contributed by atoms with Gasteiger partial charge >= 0.3 is 0 Å². The number of ether oxygens (including phenoxy) is 1. The Morgan fingerprint density at radius 2 is 2.25 bits per heavy atom. The number of carbonyl (C=O) groups excluding carboxylic acids is 1. The number of carbonyl (C=O) groups is 1. The van der Waals surface area contributed by atoms with E-state index in [1.54, 1.807) is 25.3 Å². The number of nitrogen functional groups attached to an aromatic ring is 1. The van der Waals surface area contributed by atoms with Crippen LogP contribution in [0.3, 0.4) is 0 Å². The predicted molar refractivity (Wildman–Crippen MR) is 84.4 cm³/mol. The Morgan fingerprint density at radius 3 is 2.95 bits per heavy atom. The Kier molecular flexibility index (Phi) is 5.17. The highest BCUT2D eigenvalue weighted by Gasteiger charge is 2.24. The maximum Gasteiger partial charge on any atom is 0.257 e. The van der Waals surface area contributed by atoms with E-state index in [4.69, 9.17) is 10.5 Å². The van der Waals surface area contributed by atoms with Gasteiger partial charge in [0.2, 0.25) is 0 Å². The summed E-state index contributed by atoms with van der Waals surface area (Å²) in [6.07, 6.45) is 6.61. The highest BCUT2D eigenvalue weighted by atomic mass is 32.2. The first-order chi connectivity index (χ1) is 9.65. The van der Waals surface area contributed by atoms with Gasteiger partial charge in [-0.1, -0.05) is 12.5 Å². The summed E-state index contributed by atoms with van der Waals surface area (Å²) < 4.78 is 5.23. The minimum Gasteiger partial charge on any atom is -0.496 e. The maximum atomic E-state index is 12.4. The lowest BCUT2D eigenvalue weighted by Crippen LogP contribution is -2.39. The molecule has 1 aromatic carbocycles. The van der Waals surface area contributed by atoms with E-state index < -0.39 is 0 Å². The fraction of sp³-hybridized carbons (Fsp3) is 0.533. The fourth-order valence-electron chi connectivity index (χ4n) is 2.71. The second-order valence-electron chi connectivity index (χ2n) is 5.12. The quantitative estimate of drug-likeness (QED) is 0.838. The molecule has 0 heterocycles. The normalized spacial score (nSPS) is 22.3. The maximum absolute atomic E-state index is 12.4. The van der Waals surface area contributed by atoms with Crippen LogP contribution in [0, 0.1) is 0 Å². The van der Waals surface area contributed by atoms with Crippen molar-refractivity contribution in [2.75, 3.05) is 19.1 Å². The number of anilines is 1. The van der Waals surface area contributed by atoms with E-state index in [-0.39, 0.29) is 11.9 Å². The Labute approximate surface area is 124 Å². The Bertz CT molecular complexity index is 479. The molecule has 1 aromatic rings. The molecule has 1 fully saturated rings. The van der Waals surface area contributed by atoms with Crippen LogP contribution in [0.5, 0.6) is 5.75 Å². The topological polar surface area (TPSA) is 64.3 Å². The van der Waals surface area contributed by atoms with Gasteiger partial charge in [-0.05, 0) is 37.7 Å². The van der Waals surface area contributed by atoms with Gasteiger partial charge in [-0.2, -0.15) is 11.8 Å². The summed E-state index contributed by atoms with van der Waals surface area (Å²) >= 11 is 1.88. The van der Waals surface area contributed by atoms with Crippen molar-refractivity contribution in [3.63, 3.8) is 0 Å². The van der Waals surface area contributed by atoms with Gasteiger partial charge in [0.1, 0.15) is 11.3 Å². The Balaban J connectivity index is 2.08. The number of thioether (sulfide) groups is 1. The predicted octanol–water partition coefficient (Wildman–Crippen LogP) is 2.68. The van der Waals surface area contributed by atoms with Gasteiger partial charge in [-0.3, -0.25) is 4.79 Å². The molecule has 20 heavy (non-hydrogen) atoms. The number of methoxy groups -OCH3 is 1. The van der Waals surface area contributed by atoms with Crippen LogP contribution < -0.4 is 15.8 Å². The standard InChI is InChI=1S/C15H22N2O2S/c1-19-13-8-4-7-12(16)14(13)15(18)17-10-5-3-6-11(9-10)20-2/h4,7-8,10-11H,3,5-6,9,16H2,1-2H3,(H,17,18). The fourth-order valence-corrected chi connectivity index (χ4v) is 3.54. The van der Waals surface area contributed by atoms with Crippen molar-refractivity contribution < 1.29 is 9.53 Å². The van der Waals surface area contributed by atoms with Crippen molar-refractivity contribution >= 4 is 23.4 Å². The molecule has 2 atom stereocenters. The van der Waals surface area contributed by atoms with E-state index in [0.717, 1.165) is 19.3 Å². The van der Waals surface area contributed by atoms with Crippen molar-refractivity contribution in [1.29, 1.82) is 0 Å². The number of nitrogens with one attached hydrogen (secondary N) is 1. The third-order valence-electron chi connectivity index (χ3n) is 3.80. The SMILES string of the molecule is COc1cccc(N)c1C(=O)NC1CCCC(SC)C1. The van der Waals surface area contributed by atoms with Gasteiger partial charge in [0.25, 0.3) is 5.91 Å². The molecule has 5 heteroatoms. The monoisotopic (exact) mass is 294 g/mol. The van der Waals surface area contributed by atoms with Crippen LogP contribution in [0.2, 0.25) is 0 Å². The van der Waals surface area contributed by atoms with Gasteiger partial charge in [-0.25, -0.2) is 0 Å². The zero-order valence-corrected chi connectivity index (χ0v) is 12.8. The largest absolute Gasteiger partial charge is 0.496 e. The molecule has 0 radical (unpaired) electrons. The second kappa shape index (κ2) is 6.88. The van der Waals surface area contributed by atoms with E-state index in [9.17, 15) is 4.79 Å². The minimum absolute atomic E-state index is 0.133. The van der Waals surface area contributed by atoms with Crippen molar-refractivity contribution in [2.24, 2.45) is 0 Å². The lowest BCUT2D eigenvalue weighted by Gasteiger charge is -2.29. The van der Waals surface area contributed by atoms with E-state index >= 15 is 0 Å². The molecule has 0 bridgehead atoms. The molecule has 1 aliphatic carbocycles. The summed E-state index contributed by atoms with van der Waals surface area (Å²) in [4.78, 5) is 12.4. The van der Waals surface area contributed by atoms with Gasteiger partial charge in [0, 0.05) is 17.0 Å². The van der Waals surface area contributed by atoms with Crippen molar-refractivity contribution in [3.8, 4) is 5.75 Å². The Hall–Kier alpha value is -1.36. The molecule has 2 rings (SSSR count). The van der Waals surface area contributed by atoms with E-state index in [0.29, 0.717) is 22.3 Å². The first-order valence-corrected chi connectivity index (χ1v) is 8.20. The average molecular weight is 294 g/mol. The molecule has 4 nitrogen and oxygen atoms in total. The first kappa shape index (κ1) is 15.0. The number of rotatable bonds is 4. The number of hydrogen-bond donors (Lipinski definition) is 2. The average Bonchev–Trinajstić information content (AvgIpc) is 2.46. The molecule has 1 aliphatic rings. The van der Waals surface area contributed by atoms with Crippen molar-refractivity contribution in [2.45, 2.75) is 37.0 Å². The zero-order chi connectivity index (χ0) is 14.5. The molecular weight excluding hydrogens is 272 g/mol. The molecule has 2 unspecified atom stereocenters. The van der Waals surface area contributed by atoms with Crippen LogP contribution in [-0.4, -0.2) is 30.6 Å². The summed E-state index contributed by atoms with van der Waals surface area (Å²) in [5.74, 6) is 0.395. The summed E-state index contributed by atoms with van der Waals surface area (Å²) in [7, 11) is 1.55. The molecule has 1 saturated carbocycles. The highest BCUT2D eigenvalue weighted by molar-refractivity contribution is 7.99. The van der Waals surface area contributed by atoms with Crippen LogP contribution in [0.25, 0.3) is 0 Å². The number of hydrogen-bond acceptors (Lipinski definition) is 4. The second-order valence-corrected chi connectivity index (χ2v) is 6.26. The van der Waals surface area contributed by atoms with Crippen molar-refractivity contribution in [3.05, 3.63) is 23.8 Å². The van der Waals surface area contributed by atoms with Gasteiger partial charge in [0.05, 0.1) is 7.11 Å². The summed E-state index contributed by atoms with van der Waals surface area (Å²) in [6, 6.07) is 5.51. The molecule has 110 valence electrons. The number of nitrogens with two attached hydrogens (primary N) is 1. The first-order valence-electron chi connectivity index (χ1n) is 6.91. The molecule has 0 aliphatic heterocycles. The van der Waals surface area contributed by atoms with Crippen LogP contribution in [0.4, 0.5) is 5.69 Å². The molecule has 3 N–H and O–H groups in total. The Morgan fingerprint density at radius 1 is 1.45 bits per heavy atom. The zero-order valence-electron chi connectivity index (χ0n) is 12.0. The van der Waals surface area contributed by atoms with Crippen LogP contribution >= 0.6 is 11.8 Å². The highest BCUT2D eigenvalue weighted by Crippen LogP contribution is 2.28. The lowest BCUT2D eigenvalue weighted by molar-refractivity contribution is 0.0926.